The lowest BCUT2D eigenvalue weighted by molar-refractivity contribution is -0.126. The van der Waals surface area contributed by atoms with Crippen LogP contribution in [0.2, 0.25) is 0 Å². The maximum atomic E-state index is 13.6. The number of rotatable bonds is 4. The summed E-state index contributed by atoms with van der Waals surface area (Å²) in [5.74, 6) is 0.455. The minimum atomic E-state index is -0.262. The van der Waals surface area contributed by atoms with Gasteiger partial charge in [-0.3, -0.25) is 9.59 Å². The molecular weight excluding hydrogens is 371 g/mol. The Morgan fingerprint density at radius 1 is 1.17 bits per heavy atom. The van der Waals surface area contributed by atoms with Gasteiger partial charge in [-0.1, -0.05) is 12.1 Å². The van der Waals surface area contributed by atoms with Crippen molar-refractivity contribution >= 4 is 11.8 Å². The van der Waals surface area contributed by atoms with Crippen molar-refractivity contribution < 1.29 is 18.7 Å². The Balaban J connectivity index is 1.29. The van der Waals surface area contributed by atoms with Crippen LogP contribution in [0.3, 0.4) is 0 Å². The van der Waals surface area contributed by atoms with E-state index in [9.17, 15) is 14.0 Å². The predicted molar refractivity (Wildman–Crippen MR) is 107 cm³/mol. The number of nitrogens with one attached hydrogen (secondary N) is 1. The van der Waals surface area contributed by atoms with Crippen molar-refractivity contribution in [2.45, 2.75) is 32.7 Å². The maximum Gasteiger partial charge on any atom is 0.253 e. The number of likely N-dealkylation sites (tertiary alicyclic amines) is 1. The van der Waals surface area contributed by atoms with Crippen LogP contribution >= 0.6 is 0 Å². The Morgan fingerprint density at radius 2 is 1.97 bits per heavy atom. The molecule has 5 nitrogen and oxygen atoms in total. The molecule has 2 aromatic rings. The SMILES string of the molecule is Cc1ccc(CNC(=O)C2CCN(C(=O)c3ccc4c(c3)CCO4)CC2)cc1F. The normalized spacial score (nSPS) is 16.3. The monoisotopic (exact) mass is 396 g/mol. The van der Waals surface area contributed by atoms with Crippen LogP contribution in [-0.4, -0.2) is 36.4 Å². The van der Waals surface area contributed by atoms with Crippen molar-refractivity contribution in [1.82, 2.24) is 10.2 Å². The van der Waals surface area contributed by atoms with Crippen molar-refractivity contribution in [3.05, 3.63) is 64.5 Å². The molecule has 1 N–H and O–H groups in total. The minimum Gasteiger partial charge on any atom is -0.493 e. The summed E-state index contributed by atoms with van der Waals surface area (Å²) in [5, 5.41) is 2.90. The molecule has 0 spiro atoms. The van der Waals surface area contributed by atoms with Crippen molar-refractivity contribution in [2.24, 2.45) is 5.92 Å². The van der Waals surface area contributed by atoms with Gasteiger partial charge in [0, 0.05) is 37.5 Å². The number of amides is 2. The fourth-order valence-electron chi connectivity index (χ4n) is 3.93. The van der Waals surface area contributed by atoms with Crippen LogP contribution in [0.1, 0.15) is 39.9 Å². The highest BCUT2D eigenvalue weighted by molar-refractivity contribution is 5.95. The first-order valence-electron chi connectivity index (χ1n) is 10.1. The molecule has 0 saturated carbocycles. The third-order valence-electron chi connectivity index (χ3n) is 5.79. The lowest BCUT2D eigenvalue weighted by atomic mass is 9.95. The van der Waals surface area contributed by atoms with E-state index in [4.69, 9.17) is 4.74 Å². The Bertz CT molecular complexity index is 936. The number of halogens is 1. The molecule has 1 saturated heterocycles. The largest absolute Gasteiger partial charge is 0.493 e. The van der Waals surface area contributed by atoms with E-state index in [1.165, 1.54) is 6.07 Å². The van der Waals surface area contributed by atoms with E-state index in [-0.39, 0.29) is 23.5 Å². The molecule has 0 radical (unpaired) electrons. The second-order valence-electron chi connectivity index (χ2n) is 7.79. The average molecular weight is 396 g/mol. The van der Waals surface area contributed by atoms with Crippen LogP contribution in [0.25, 0.3) is 0 Å². The molecule has 0 aromatic heterocycles. The molecule has 2 heterocycles. The first-order chi connectivity index (χ1) is 14.0. The maximum absolute atomic E-state index is 13.6. The summed E-state index contributed by atoms with van der Waals surface area (Å²) in [4.78, 5) is 27.1. The van der Waals surface area contributed by atoms with Crippen LogP contribution in [0.5, 0.6) is 5.75 Å². The van der Waals surface area contributed by atoms with Gasteiger partial charge >= 0.3 is 0 Å². The minimum absolute atomic E-state index is 0.00805. The zero-order valence-electron chi connectivity index (χ0n) is 16.5. The molecule has 2 aliphatic heterocycles. The van der Waals surface area contributed by atoms with Gasteiger partial charge in [0.2, 0.25) is 5.91 Å². The standard InChI is InChI=1S/C23H25FN2O3/c1-15-2-3-16(12-20(15)24)14-25-22(27)17-6-9-26(10-7-17)23(28)19-4-5-21-18(13-19)8-11-29-21/h2-5,12-13,17H,6-11,14H2,1H3,(H,25,27). The predicted octanol–water partition coefficient (Wildman–Crippen LogP) is 3.24. The van der Waals surface area contributed by atoms with E-state index in [0.29, 0.717) is 50.2 Å². The number of carbonyl (C=O) groups is 2. The van der Waals surface area contributed by atoms with E-state index in [1.54, 1.807) is 13.0 Å². The molecule has 2 aliphatic rings. The summed E-state index contributed by atoms with van der Waals surface area (Å²) >= 11 is 0. The van der Waals surface area contributed by atoms with Crippen molar-refractivity contribution in [2.75, 3.05) is 19.7 Å². The first kappa shape index (κ1) is 19.4. The molecule has 1 fully saturated rings. The number of benzene rings is 2. The number of hydrogen-bond donors (Lipinski definition) is 1. The van der Waals surface area contributed by atoms with E-state index in [1.807, 2.05) is 29.2 Å². The average Bonchev–Trinajstić information content (AvgIpc) is 3.22. The lowest BCUT2D eigenvalue weighted by Crippen LogP contribution is -2.43. The van der Waals surface area contributed by atoms with Crippen LogP contribution in [0.4, 0.5) is 4.39 Å². The number of fused-ring (bicyclic) bond motifs is 1. The third kappa shape index (κ3) is 4.26. The van der Waals surface area contributed by atoms with Gasteiger partial charge in [-0.15, -0.1) is 0 Å². The zero-order chi connectivity index (χ0) is 20.4. The summed E-state index contributed by atoms with van der Waals surface area (Å²) in [6.07, 6.45) is 2.10. The second kappa shape index (κ2) is 8.23. The topological polar surface area (TPSA) is 58.6 Å². The summed E-state index contributed by atoms with van der Waals surface area (Å²) < 4.78 is 19.1. The summed E-state index contributed by atoms with van der Waals surface area (Å²) in [6.45, 7) is 3.81. The van der Waals surface area contributed by atoms with Gasteiger partial charge in [-0.05, 0) is 60.7 Å². The van der Waals surface area contributed by atoms with Gasteiger partial charge in [0.25, 0.3) is 5.91 Å². The molecule has 2 amide bonds. The number of piperidine rings is 1. The highest BCUT2D eigenvalue weighted by Crippen LogP contribution is 2.27. The zero-order valence-corrected chi connectivity index (χ0v) is 16.5. The van der Waals surface area contributed by atoms with Crippen LogP contribution in [-0.2, 0) is 17.8 Å². The Labute approximate surface area is 169 Å². The molecule has 2 aromatic carbocycles. The quantitative estimate of drug-likeness (QED) is 0.863. The highest BCUT2D eigenvalue weighted by Gasteiger charge is 2.28. The summed E-state index contributed by atoms with van der Waals surface area (Å²) in [7, 11) is 0. The van der Waals surface area contributed by atoms with Crippen LogP contribution < -0.4 is 10.1 Å². The molecular formula is C23H25FN2O3. The van der Waals surface area contributed by atoms with Crippen LogP contribution in [0, 0.1) is 18.7 Å². The lowest BCUT2D eigenvalue weighted by Gasteiger charge is -2.31. The van der Waals surface area contributed by atoms with Gasteiger partial charge in [0.15, 0.2) is 0 Å². The van der Waals surface area contributed by atoms with Crippen molar-refractivity contribution in [3.8, 4) is 5.75 Å². The summed E-state index contributed by atoms with van der Waals surface area (Å²) in [5.41, 5.74) is 3.10. The molecule has 29 heavy (non-hydrogen) atoms. The van der Waals surface area contributed by atoms with E-state index >= 15 is 0 Å². The van der Waals surface area contributed by atoms with Gasteiger partial charge < -0.3 is 15.0 Å². The molecule has 0 bridgehead atoms. The number of hydrogen-bond acceptors (Lipinski definition) is 3. The summed E-state index contributed by atoms with van der Waals surface area (Å²) in [6, 6.07) is 10.6. The Hall–Kier alpha value is -2.89. The van der Waals surface area contributed by atoms with Gasteiger partial charge in [0.1, 0.15) is 11.6 Å². The Morgan fingerprint density at radius 3 is 2.72 bits per heavy atom. The molecule has 152 valence electrons. The fourth-order valence-corrected chi connectivity index (χ4v) is 3.93. The molecule has 0 unspecified atom stereocenters. The van der Waals surface area contributed by atoms with Crippen molar-refractivity contribution in [3.63, 3.8) is 0 Å². The highest BCUT2D eigenvalue weighted by atomic mass is 19.1. The van der Waals surface area contributed by atoms with E-state index < -0.39 is 0 Å². The smallest absolute Gasteiger partial charge is 0.253 e. The van der Waals surface area contributed by atoms with E-state index in [0.717, 1.165) is 23.3 Å². The number of ether oxygens (including phenoxy) is 1. The number of carbonyl (C=O) groups excluding carboxylic acids is 2. The van der Waals surface area contributed by atoms with Gasteiger partial charge in [-0.2, -0.15) is 0 Å². The fraction of sp³-hybridized carbons (Fsp3) is 0.391. The second-order valence-corrected chi connectivity index (χ2v) is 7.79. The number of nitrogens with zero attached hydrogens (tertiary/aromatic N) is 1. The molecule has 4 rings (SSSR count). The Kier molecular flexibility index (Phi) is 5.51. The molecule has 0 atom stereocenters. The van der Waals surface area contributed by atoms with Gasteiger partial charge in [0.05, 0.1) is 6.61 Å². The molecule has 6 heteroatoms. The first-order valence-corrected chi connectivity index (χ1v) is 10.1. The van der Waals surface area contributed by atoms with Gasteiger partial charge in [-0.25, -0.2) is 4.39 Å². The van der Waals surface area contributed by atoms with Crippen molar-refractivity contribution in [1.29, 1.82) is 0 Å². The molecule has 0 aliphatic carbocycles. The third-order valence-corrected chi connectivity index (χ3v) is 5.79. The van der Waals surface area contributed by atoms with Crippen LogP contribution in [0.15, 0.2) is 36.4 Å². The number of aryl methyl sites for hydroxylation is 1. The van der Waals surface area contributed by atoms with E-state index in [2.05, 4.69) is 5.32 Å².